The number of allylic oxidation sites excluding steroid dienone is 1. The minimum absolute atomic E-state index is 0.124. The van der Waals surface area contributed by atoms with Crippen LogP contribution in [0.3, 0.4) is 0 Å². The number of H-pyrrole nitrogens is 1. The Hall–Kier alpha value is -5.72. The number of nitro benzene ring substituents is 1. The number of nitro groups is 1. The van der Waals surface area contributed by atoms with Crippen molar-refractivity contribution in [2.75, 3.05) is 101 Å². The van der Waals surface area contributed by atoms with E-state index in [9.17, 15) is 23.3 Å². The monoisotopic (exact) mass is 962 g/mol. The minimum Gasteiger partial charge on any atom is -0.476 e. The van der Waals surface area contributed by atoms with E-state index < -0.39 is 20.9 Å². The molecule has 2 saturated heterocycles. The molecule has 0 radical (unpaired) electrons. The van der Waals surface area contributed by atoms with Crippen LogP contribution < -0.4 is 24.6 Å². The Kier molecular flexibility index (Phi) is 12.6. The second-order valence-electron chi connectivity index (χ2n) is 19.8. The van der Waals surface area contributed by atoms with Gasteiger partial charge in [-0.25, -0.2) is 13.1 Å². The first-order valence-corrected chi connectivity index (χ1v) is 25.5. The number of sulfonamides is 1. The highest BCUT2D eigenvalue weighted by molar-refractivity contribution is 7.90. The number of nitrogens with zero attached hydrogens (tertiary/aromatic N) is 7. The Bertz CT molecular complexity index is 2890. The molecule has 0 saturated carbocycles. The molecule has 18 heteroatoms. The largest absolute Gasteiger partial charge is 0.476 e. The molecule has 3 aromatic carbocycles. The lowest BCUT2D eigenvalue weighted by molar-refractivity contribution is -0.384. The van der Waals surface area contributed by atoms with Crippen LogP contribution in [0, 0.1) is 15.5 Å². The zero-order valence-corrected chi connectivity index (χ0v) is 40.5. The van der Waals surface area contributed by atoms with E-state index in [1.807, 2.05) is 47.5 Å². The molecule has 6 heterocycles. The van der Waals surface area contributed by atoms with Gasteiger partial charge in [0.1, 0.15) is 17.0 Å². The minimum atomic E-state index is -4.58. The van der Waals surface area contributed by atoms with Crippen molar-refractivity contribution >= 4 is 72.6 Å². The summed E-state index contributed by atoms with van der Waals surface area (Å²) in [6, 6.07) is 20.0. The molecule has 4 aliphatic heterocycles. The summed E-state index contributed by atoms with van der Waals surface area (Å²) < 4.78 is 37.0. The van der Waals surface area contributed by atoms with Crippen molar-refractivity contribution in [2.24, 2.45) is 5.41 Å². The number of nitrogens with one attached hydrogen (secondary N) is 3. The standard InChI is InChI=1S/C50H59ClN10O6S/c1-50(2)13-11-35(42(30-50)33-5-7-37(51)8-6-33)31-57-20-22-59(23-21-57)39-9-10-41(43(28-39)60-15-4-24-67-49-45(60)27-34-12-14-52-47(34)54-49)48(62)55-68(65,66)40-26-36-25-38(32-58-18-16-56(3)17-19-58)53-46(36)44(29-40)61(63)64/h5-10,12,14,26-29,38,53H,4,11,13,15-25,30-32H2,1-3H3,(H,52,54)(H,55,62)/t38-/m1/s1. The molecule has 5 aromatic rings. The lowest BCUT2D eigenvalue weighted by atomic mass is 9.72. The first-order chi connectivity index (χ1) is 32.7. The van der Waals surface area contributed by atoms with Crippen LogP contribution >= 0.6 is 11.6 Å². The quantitative estimate of drug-likeness (QED) is 0.0877. The van der Waals surface area contributed by atoms with Gasteiger partial charge in [-0.15, -0.1) is 0 Å². The number of fused-ring (bicyclic) bond motifs is 3. The Morgan fingerprint density at radius 3 is 2.49 bits per heavy atom. The van der Waals surface area contributed by atoms with Crippen molar-refractivity contribution in [3.63, 3.8) is 0 Å². The van der Waals surface area contributed by atoms with Crippen LogP contribution in [0.25, 0.3) is 16.6 Å². The van der Waals surface area contributed by atoms with Gasteiger partial charge in [-0.3, -0.25) is 24.7 Å². The summed E-state index contributed by atoms with van der Waals surface area (Å²) in [4.78, 5) is 45.4. The number of carbonyl (C=O) groups excluding carboxylic acids is 1. The molecule has 0 spiro atoms. The molecule has 1 aliphatic carbocycles. The predicted octanol–water partition coefficient (Wildman–Crippen LogP) is 7.53. The molecular formula is C50H59ClN10O6S. The number of anilines is 4. The number of rotatable bonds is 11. The molecule has 2 aromatic heterocycles. The molecule has 1 atom stereocenters. The summed E-state index contributed by atoms with van der Waals surface area (Å²) >= 11 is 6.28. The van der Waals surface area contributed by atoms with Crippen LogP contribution in [0.5, 0.6) is 5.88 Å². The number of likely N-dealkylation sites (N-methyl/N-ethyl adjacent to an activating group) is 1. The van der Waals surface area contributed by atoms with Gasteiger partial charge >= 0.3 is 0 Å². The lowest BCUT2D eigenvalue weighted by Crippen LogP contribution is -2.47. The van der Waals surface area contributed by atoms with Gasteiger partial charge < -0.3 is 29.7 Å². The fourth-order valence-corrected chi connectivity index (χ4v) is 11.7. The topological polar surface area (TPSA) is 173 Å². The third-order valence-electron chi connectivity index (χ3n) is 14.4. The van der Waals surface area contributed by atoms with E-state index in [4.69, 9.17) is 21.3 Å². The average Bonchev–Trinajstić information content (AvgIpc) is 3.90. The van der Waals surface area contributed by atoms with Crippen LogP contribution in [0.1, 0.15) is 61.0 Å². The van der Waals surface area contributed by atoms with Crippen molar-refractivity contribution in [3.05, 3.63) is 110 Å². The summed E-state index contributed by atoms with van der Waals surface area (Å²) in [7, 11) is -2.50. The van der Waals surface area contributed by atoms with Crippen molar-refractivity contribution in [1.29, 1.82) is 0 Å². The first-order valence-electron chi connectivity index (χ1n) is 23.7. The number of piperazine rings is 2. The summed E-state index contributed by atoms with van der Waals surface area (Å²) in [5.41, 5.74) is 7.73. The van der Waals surface area contributed by atoms with Crippen molar-refractivity contribution in [2.45, 2.75) is 56.9 Å². The van der Waals surface area contributed by atoms with Crippen LogP contribution in [0.15, 0.2) is 83.4 Å². The molecule has 0 unspecified atom stereocenters. The lowest BCUT2D eigenvalue weighted by Gasteiger charge is -2.39. The van der Waals surface area contributed by atoms with Crippen molar-refractivity contribution in [1.82, 2.24) is 29.4 Å². The van der Waals surface area contributed by atoms with Crippen LogP contribution in [-0.4, -0.2) is 136 Å². The highest BCUT2D eigenvalue weighted by Gasteiger charge is 2.35. The zero-order chi connectivity index (χ0) is 47.3. The van der Waals surface area contributed by atoms with Gasteiger partial charge in [0.05, 0.1) is 27.7 Å². The second-order valence-corrected chi connectivity index (χ2v) is 21.9. The summed E-state index contributed by atoms with van der Waals surface area (Å²) in [5.74, 6) is -0.452. The number of benzene rings is 3. The number of carbonyl (C=O) groups is 1. The predicted molar refractivity (Wildman–Crippen MR) is 267 cm³/mol. The van der Waals surface area contributed by atoms with Crippen LogP contribution in [-0.2, 0) is 16.4 Å². The number of hydrogen-bond donors (Lipinski definition) is 3. The van der Waals surface area contributed by atoms with E-state index in [-0.39, 0.29) is 27.6 Å². The maximum Gasteiger partial charge on any atom is 0.293 e. The normalized spacial score (nSPS) is 20.4. The van der Waals surface area contributed by atoms with E-state index in [1.165, 1.54) is 22.8 Å². The van der Waals surface area contributed by atoms with E-state index in [0.29, 0.717) is 66.7 Å². The number of hydrogen-bond acceptors (Lipinski definition) is 13. The molecule has 358 valence electrons. The van der Waals surface area contributed by atoms with Gasteiger partial charge in [-0.1, -0.05) is 43.2 Å². The van der Waals surface area contributed by atoms with Crippen molar-refractivity contribution in [3.8, 4) is 5.88 Å². The third kappa shape index (κ3) is 9.63. The number of aromatic amines is 1. The Morgan fingerprint density at radius 1 is 0.956 bits per heavy atom. The first kappa shape index (κ1) is 46.0. The van der Waals surface area contributed by atoms with Gasteiger partial charge in [-0.05, 0) is 110 Å². The van der Waals surface area contributed by atoms with Gasteiger partial charge in [0.25, 0.3) is 21.6 Å². The molecule has 3 N–H and O–H groups in total. The Labute approximate surface area is 402 Å². The third-order valence-corrected chi connectivity index (χ3v) is 15.9. The van der Waals surface area contributed by atoms with E-state index in [2.05, 4.69) is 67.7 Å². The van der Waals surface area contributed by atoms with Gasteiger partial charge in [0.2, 0.25) is 5.88 Å². The molecule has 10 rings (SSSR count). The average molecular weight is 964 g/mol. The van der Waals surface area contributed by atoms with Crippen LogP contribution in [0.4, 0.5) is 28.4 Å². The highest BCUT2D eigenvalue weighted by Crippen LogP contribution is 2.44. The molecule has 5 aliphatic rings. The summed E-state index contributed by atoms with van der Waals surface area (Å²) in [6.07, 6.45) is 6.05. The fraction of sp³-hybridized carbons (Fsp3) is 0.440. The van der Waals surface area contributed by atoms with E-state index in [0.717, 1.165) is 100 Å². The maximum atomic E-state index is 14.6. The molecular weight excluding hydrogens is 904 g/mol. The number of aromatic nitrogens is 2. The Balaban J connectivity index is 0.925. The molecule has 1 amide bonds. The summed E-state index contributed by atoms with van der Waals surface area (Å²) in [6.45, 7) is 13.9. The zero-order valence-electron chi connectivity index (χ0n) is 38.9. The van der Waals surface area contributed by atoms with E-state index >= 15 is 0 Å². The molecule has 16 nitrogen and oxygen atoms in total. The molecule has 2 fully saturated rings. The SMILES string of the molecule is CN1CCN(C[C@H]2Cc3cc(S(=O)(=O)NC(=O)c4ccc(N5CCN(CC6=C(c7ccc(Cl)cc7)CC(C)(C)CC6)CC5)cc4N4CCCOc5nc6[nH]ccc6cc54)cc([N+](=O)[O-])c3N2)CC1. The van der Waals surface area contributed by atoms with Gasteiger partial charge in [0.15, 0.2) is 0 Å². The number of pyridine rings is 1. The molecule has 0 bridgehead atoms. The highest BCUT2D eigenvalue weighted by atomic mass is 35.5. The molecule has 68 heavy (non-hydrogen) atoms. The number of ether oxygens (including phenoxy) is 1. The van der Waals surface area contributed by atoms with E-state index in [1.54, 1.807) is 6.07 Å². The van der Waals surface area contributed by atoms with Crippen LogP contribution in [0.2, 0.25) is 5.02 Å². The van der Waals surface area contributed by atoms with Gasteiger partial charge in [-0.2, -0.15) is 4.98 Å². The summed E-state index contributed by atoms with van der Waals surface area (Å²) in [5, 5.41) is 17.3. The smallest absolute Gasteiger partial charge is 0.293 e. The fourth-order valence-electron chi connectivity index (χ4n) is 10.5. The maximum absolute atomic E-state index is 14.6. The number of amides is 1. The van der Waals surface area contributed by atoms with Gasteiger partial charge in [0, 0.05) is 106 Å². The number of halogens is 1. The second kappa shape index (κ2) is 18.6. The van der Waals surface area contributed by atoms with Crippen molar-refractivity contribution < 1.29 is 22.9 Å². The Morgan fingerprint density at radius 2 is 1.72 bits per heavy atom.